The zero-order chi connectivity index (χ0) is 22.9. The summed E-state index contributed by atoms with van der Waals surface area (Å²) < 4.78 is 20.7. The number of piperidine rings is 1. The van der Waals surface area contributed by atoms with Crippen LogP contribution < -0.4 is 4.74 Å². The Labute approximate surface area is 194 Å². The zero-order valence-corrected chi connectivity index (χ0v) is 20.0. The van der Waals surface area contributed by atoms with E-state index in [0.717, 1.165) is 54.9 Å². The van der Waals surface area contributed by atoms with Crippen molar-refractivity contribution in [2.45, 2.75) is 45.2 Å². The molecule has 3 rings (SSSR count). The smallest absolute Gasteiger partial charge is 0.303 e. The van der Waals surface area contributed by atoms with Gasteiger partial charge in [-0.3, -0.25) is 9.78 Å². The van der Waals surface area contributed by atoms with Crippen molar-refractivity contribution in [3.05, 3.63) is 36.0 Å². The van der Waals surface area contributed by atoms with Gasteiger partial charge in [-0.05, 0) is 91.9 Å². The number of alkyl halides is 1. The van der Waals surface area contributed by atoms with E-state index < -0.39 is 12.1 Å². The zero-order valence-electron chi connectivity index (χ0n) is 19.1. The first-order valence-electron chi connectivity index (χ1n) is 11.6. The molecule has 1 unspecified atom stereocenters. The van der Waals surface area contributed by atoms with Crippen LogP contribution in [0.1, 0.15) is 50.8 Å². The number of hydrogen-bond donors (Lipinski definition) is 1. The van der Waals surface area contributed by atoms with Gasteiger partial charge in [0, 0.05) is 24.5 Å². The monoisotopic (exact) mass is 462 g/mol. The third-order valence-corrected chi connectivity index (χ3v) is 7.48. The molecular weight excluding hydrogens is 427 g/mol. The van der Waals surface area contributed by atoms with Gasteiger partial charge in [0.15, 0.2) is 0 Å². The standard InChI is InChI=1S/C25H35FN2O3S/c1-3-32-14-4-12-28-13-10-18(19(17-28)15-25(29)30)5-7-23(26)21-9-11-27-24-8-6-20(31-2)16-22(21)24/h6,8-9,11,16,18-19,23H,3-5,7,10,12-15,17H2,1-2H3,(H,29,30)/t18-,19+,23?/m1/s1. The van der Waals surface area contributed by atoms with Gasteiger partial charge >= 0.3 is 5.97 Å². The van der Waals surface area contributed by atoms with Crippen molar-refractivity contribution in [2.75, 3.05) is 38.2 Å². The van der Waals surface area contributed by atoms with Crippen LogP contribution in [0.5, 0.6) is 5.75 Å². The second-order valence-electron chi connectivity index (χ2n) is 8.59. The molecule has 1 fully saturated rings. The first-order valence-corrected chi connectivity index (χ1v) is 12.8. The summed E-state index contributed by atoms with van der Waals surface area (Å²) in [7, 11) is 1.60. The Bertz CT molecular complexity index is 881. The number of benzene rings is 1. The quantitative estimate of drug-likeness (QED) is 0.415. The van der Waals surface area contributed by atoms with Crippen molar-refractivity contribution < 1.29 is 19.0 Å². The highest BCUT2D eigenvalue weighted by Gasteiger charge is 2.31. The molecule has 0 bridgehead atoms. The highest BCUT2D eigenvalue weighted by Crippen LogP contribution is 2.36. The second-order valence-corrected chi connectivity index (χ2v) is 9.98. The van der Waals surface area contributed by atoms with Crippen LogP contribution in [0.4, 0.5) is 4.39 Å². The number of carboxylic acids is 1. The van der Waals surface area contributed by atoms with Crippen molar-refractivity contribution in [1.29, 1.82) is 0 Å². The molecule has 0 amide bonds. The first-order chi connectivity index (χ1) is 15.5. The molecule has 2 aromatic rings. The molecule has 1 aliphatic rings. The lowest BCUT2D eigenvalue weighted by Gasteiger charge is -2.38. The lowest BCUT2D eigenvalue weighted by Crippen LogP contribution is -2.42. The summed E-state index contributed by atoms with van der Waals surface area (Å²) in [4.78, 5) is 18.2. The Kier molecular flexibility index (Phi) is 9.60. The molecule has 1 N–H and O–H groups in total. The number of hydrogen-bond acceptors (Lipinski definition) is 5. The predicted molar refractivity (Wildman–Crippen MR) is 129 cm³/mol. The maximum atomic E-state index is 15.4. The molecule has 2 heterocycles. The van der Waals surface area contributed by atoms with Crippen LogP contribution in [0.3, 0.4) is 0 Å². The fourth-order valence-electron chi connectivity index (χ4n) is 4.79. The second kappa shape index (κ2) is 12.4. The van der Waals surface area contributed by atoms with Gasteiger partial charge in [0.05, 0.1) is 12.6 Å². The summed E-state index contributed by atoms with van der Waals surface area (Å²) in [5, 5.41) is 10.2. The van der Waals surface area contributed by atoms with Crippen LogP contribution >= 0.6 is 11.8 Å². The molecule has 7 heteroatoms. The molecule has 1 aliphatic heterocycles. The minimum Gasteiger partial charge on any atom is -0.497 e. The van der Waals surface area contributed by atoms with E-state index in [0.29, 0.717) is 24.2 Å². The van der Waals surface area contributed by atoms with E-state index in [1.54, 1.807) is 19.4 Å². The van der Waals surface area contributed by atoms with Gasteiger partial charge in [-0.1, -0.05) is 6.92 Å². The third kappa shape index (κ3) is 6.82. The summed E-state index contributed by atoms with van der Waals surface area (Å²) in [6.45, 7) is 4.97. The number of aliphatic carboxylic acids is 1. The first kappa shape index (κ1) is 24.8. The predicted octanol–water partition coefficient (Wildman–Crippen LogP) is 5.59. The molecule has 3 atom stereocenters. The van der Waals surface area contributed by atoms with Gasteiger partial charge < -0.3 is 14.7 Å². The van der Waals surface area contributed by atoms with Crippen LogP contribution in [0.15, 0.2) is 30.5 Å². The SMILES string of the molecule is CCSCCCN1CC[C@@H](CCC(F)c2ccnc3ccc(OC)cc23)[C@@H](CC(=O)O)C1. The molecule has 1 aromatic carbocycles. The maximum absolute atomic E-state index is 15.4. The number of aromatic nitrogens is 1. The molecule has 176 valence electrons. The van der Waals surface area contributed by atoms with Crippen molar-refractivity contribution in [1.82, 2.24) is 9.88 Å². The summed E-state index contributed by atoms with van der Waals surface area (Å²) in [6, 6.07) is 7.27. The van der Waals surface area contributed by atoms with Crippen LogP contribution in [0.2, 0.25) is 0 Å². The molecule has 5 nitrogen and oxygen atoms in total. The third-order valence-electron chi connectivity index (χ3n) is 6.49. The number of fused-ring (bicyclic) bond motifs is 1. The van der Waals surface area contributed by atoms with E-state index in [9.17, 15) is 9.90 Å². The number of likely N-dealkylation sites (tertiary alicyclic amines) is 1. The lowest BCUT2D eigenvalue weighted by atomic mass is 9.79. The molecular formula is C25H35FN2O3S. The number of pyridine rings is 1. The van der Waals surface area contributed by atoms with E-state index in [1.807, 2.05) is 30.0 Å². The van der Waals surface area contributed by atoms with E-state index in [4.69, 9.17) is 4.74 Å². The van der Waals surface area contributed by atoms with E-state index in [1.165, 1.54) is 0 Å². The number of ether oxygens (including phenoxy) is 1. The molecule has 1 saturated heterocycles. The van der Waals surface area contributed by atoms with Crippen molar-refractivity contribution in [2.24, 2.45) is 11.8 Å². The average molecular weight is 463 g/mol. The minimum absolute atomic E-state index is 0.0848. The number of methoxy groups -OCH3 is 1. The summed E-state index contributed by atoms with van der Waals surface area (Å²) in [6.07, 6.45) is 3.87. The number of rotatable bonds is 12. The molecule has 0 aliphatic carbocycles. The van der Waals surface area contributed by atoms with Crippen LogP contribution in [0.25, 0.3) is 10.9 Å². The van der Waals surface area contributed by atoms with Crippen molar-refractivity contribution in [3.63, 3.8) is 0 Å². The summed E-state index contributed by atoms with van der Waals surface area (Å²) in [5.74, 6) is 2.54. The summed E-state index contributed by atoms with van der Waals surface area (Å²) >= 11 is 1.95. The largest absolute Gasteiger partial charge is 0.497 e. The van der Waals surface area contributed by atoms with Crippen LogP contribution in [-0.2, 0) is 4.79 Å². The average Bonchev–Trinajstić information content (AvgIpc) is 2.80. The highest BCUT2D eigenvalue weighted by atomic mass is 32.2. The number of thioether (sulfide) groups is 1. The molecule has 0 saturated carbocycles. The fraction of sp³-hybridized carbons (Fsp3) is 0.600. The van der Waals surface area contributed by atoms with Crippen molar-refractivity contribution in [3.8, 4) is 5.75 Å². The van der Waals surface area contributed by atoms with Crippen LogP contribution in [0, 0.1) is 11.8 Å². The Hall–Kier alpha value is -1.86. The van der Waals surface area contributed by atoms with Crippen molar-refractivity contribution >= 4 is 28.6 Å². The normalized spacial score (nSPS) is 20.3. The van der Waals surface area contributed by atoms with Gasteiger partial charge in [0.1, 0.15) is 11.9 Å². The van der Waals surface area contributed by atoms with Gasteiger partial charge in [-0.15, -0.1) is 0 Å². The Balaban J connectivity index is 1.62. The van der Waals surface area contributed by atoms with E-state index in [-0.39, 0.29) is 18.3 Å². The van der Waals surface area contributed by atoms with E-state index >= 15 is 4.39 Å². The number of nitrogens with zero attached hydrogens (tertiary/aromatic N) is 2. The molecule has 1 aromatic heterocycles. The fourth-order valence-corrected chi connectivity index (χ4v) is 5.41. The maximum Gasteiger partial charge on any atom is 0.303 e. The van der Waals surface area contributed by atoms with Gasteiger partial charge in [-0.2, -0.15) is 11.8 Å². The Morgan fingerprint density at radius 2 is 2.22 bits per heavy atom. The van der Waals surface area contributed by atoms with Gasteiger partial charge in [-0.25, -0.2) is 4.39 Å². The highest BCUT2D eigenvalue weighted by molar-refractivity contribution is 7.99. The molecule has 0 spiro atoms. The summed E-state index contributed by atoms with van der Waals surface area (Å²) in [5.41, 5.74) is 1.39. The van der Waals surface area contributed by atoms with Gasteiger partial charge in [0.2, 0.25) is 0 Å². The van der Waals surface area contributed by atoms with Crippen LogP contribution in [-0.4, -0.2) is 59.2 Å². The lowest BCUT2D eigenvalue weighted by molar-refractivity contribution is -0.139. The number of carboxylic acid groups (broad SMARTS) is 1. The minimum atomic E-state index is -1.11. The number of halogens is 1. The molecule has 0 radical (unpaired) electrons. The topological polar surface area (TPSA) is 62.7 Å². The Morgan fingerprint density at radius 3 is 2.97 bits per heavy atom. The van der Waals surface area contributed by atoms with E-state index in [2.05, 4.69) is 16.8 Å². The Morgan fingerprint density at radius 1 is 1.38 bits per heavy atom. The molecule has 32 heavy (non-hydrogen) atoms. The number of carbonyl (C=O) groups is 1. The van der Waals surface area contributed by atoms with Gasteiger partial charge in [0.25, 0.3) is 0 Å².